The van der Waals surface area contributed by atoms with Gasteiger partial charge >= 0.3 is 0 Å². The highest BCUT2D eigenvalue weighted by molar-refractivity contribution is 8.77. The summed E-state index contributed by atoms with van der Waals surface area (Å²) in [5, 5.41) is 0.977. The Balaban J connectivity index is 0.000000236. The van der Waals surface area contributed by atoms with Gasteiger partial charge < -0.3 is 0 Å². The van der Waals surface area contributed by atoms with Gasteiger partial charge in [0.25, 0.3) is 0 Å². The summed E-state index contributed by atoms with van der Waals surface area (Å²) in [6.07, 6.45) is 4.05. The molecule has 1 rings (SSSR count). The zero-order valence-corrected chi connectivity index (χ0v) is 8.86. The van der Waals surface area contributed by atoms with Crippen LogP contribution in [0.15, 0.2) is 0 Å². The molecule has 0 aromatic heterocycles. The van der Waals surface area contributed by atoms with Gasteiger partial charge in [0.05, 0.1) is 0 Å². The van der Waals surface area contributed by atoms with Gasteiger partial charge in [-0.15, -0.1) is 0 Å². The van der Waals surface area contributed by atoms with Gasteiger partial charge in [0.1, 0.15) is 0 Å². The Labute approximate surface area is 72.9 Å². The Hall–Kier alpha value is 0.700. The molecule has 0 nitrogen and oxygen atoms in total. The normalized spacial score (nSPS) is 23.7. The Morgan fingerprint density at radius 1 is 1.30 bits per heavy atom. The van der Waals surface area contributed by atoms with Crippen molar-refractivity contribution < 1.29 is 0 Å². The molecule has 1 fully saturated rings. The average molecular weight is 178 g/mol. The minimum atomic E-state index is 0.977. The molecular formula is C8H18S2. The third-order valence-electron chi connectivity index (χ3n) is 1.18. The molecule has 1 saturated heterocycles. The molecule has 1 unspecified atom stereocenters. The Bertz CT molecular complexity index is 58.3. The van der Waals surface area contributed by atoms with E-state index in [0.717, 1.165) is 5.25 Å². The number of rotatable bonds is 1. The summed E-state index contributed by atoms with van der Waals surface area (Å²) < 4.78 is 0. The van der Waals surface area contributed by atoms with Gasteiger partial charge in [-0.25, -0.2) is 0 Å². The topological polar surface area (TPSA) is 0 Å². The van der Waals surface area contributed by atoms with E-state index in [2.05, 4.69) is 31.6 Å². The van der Waals surface area contributed by atoms with Gasteiger partial charge in [-0.3, -0.25) is 0 Å². The van der Waals surface area contributed by atoms with Crippen molar-refractivity contribution in [2.45, 2.75) is 45.3 Å². The predicted molar refractivity (Wildman–Crippen MR) is 54.7 cm³/mol. The van der Waals surface area contributed by atoms with Crippen LogP contribution in [0.1, 0.15) is 40.0 Å². The Morgan fingerprint density at radius 2 is 1.90 bits per heavy atom. The fourth-order valence-electron chi connectivity index (χ4n) is 0.644. The van der Waals surface area contributed by atoms with Crippen molar-refractivity contribution in [2.24, 2.45) is 0 Å². The fourth-order valence-corrected chi connectivity index (χ4v) is 3.66. The van der Waals surface area contributed by atoms with Crippen LogP contribution in [0.2, 0.25) is 0 Å². The summed E-state index contributed by atoms with van der Waals surface area (Å²) in [5.74, 6) is 1.38. The molecule has 0 radical (unpaired) electrons. The maximum atomic E-state index is 2.27. The van der Waals surface area contributed by atoms with Crippen molar-refractivity contribution in [3.8, 4) is 0 Å². The molecule has 0 N–H and O–H groups in total. The summed E-state index contributed by atoms with van der Waals surface area (Å²) in [5.41, 5.74) is 0. The van der Waals surface area contributed by atoms with Crippen LogP contribution in [-0.4, -0.2) is 11.0 Å². The summed E-state index contributed by atoms with van der Waals surface area (Å²) in [6, 6.07) is 0. The van der Waals surface area contributed by atoms with E-state index in [1.165, 1.54) is 25.0 Å². The molecule has 10 heavy (non-hydrogen) atoms. The van der Waals surface area contributed by atoms with E-state index in [1.807, 2.05) is 10.8 Å². The second kappa shape index (κ2) is 7.80. The van der Waals surface area contributed by atoms with Gasteiger partial charge in [-0.2, -0.15) is 0 Å². The highest BCUT2D eigenvalue weighted by atomic mass is 33.1. The lowest BCUT2D eigenvalue weighted by Gasteiger charge is -1.97. The quantitative estimate of drug-likeness (QED) is 0.557. The highest BCUT2D eigenvalue weighted by Gasteiger charge is 2.12. The largest absolute Gasteiger partial charge is 0.0938 e. The van der Waals surface area contributed by atoms with Crippen molar-refractivity contribution in [3.05, 3.63) is 0 Å². The monoisotopic (exact) mass is 178 g/mol. The molecule has 0 aromatic rings. The van der Waals surface area contributed by atoms with Crippen LogP contribution in [0.3, 0.4) is 0 Å². The molecule has 0 bridgehead atoms. The van der Waals surface area contributed by atoms with Gasteiger partial charge in [0, 0.05) is 11.0 Å². The first-order chi connectivity index (χ1) is 4.85. The first-order valence-corrected chi connectivity index (χ1v) is 6.51. The predicted octanol–water partition coefficient (Wildman–Crippen LogP) is 3.97. The van der Waals surface area contributed by atoms with E-state index in [1.54, 1.807) is 0 Å². The third kappa shape index (κ3) is 5.48. The molecule has 0 aromatic carbocycles. The molecule has 2 heteroatoms. The first-order valence-electron chi connectivity index (χ1n) is 4.13. The molecule has 1 aliphatic heterocycles. The SMILES string of the molecule is CCC.CCC1CCSS1. The van der Waals surface area contributed by atoms with Gasteiger partial charge in [0.15, 0.2) is 0 Å². The number of hydrogen-bond donors (Lipinski definition) is 0. The van der Waals surface area contributed by atoms with Gasteiger partial charge in [0.2, 0.25) is 0 Å². The summed E-state index contributed by atoms with van der Waals surface area (Å²) in [6.45, 7) is 6.52. The fraction of sp³-hybridized carbons (Fsp3) is 1.00. The van der Waals surface area contributed by atoms with E-state index < -0.39 is 0 Å². The Morgan fingerprint density at radius 3 is 2.10 bits per heavy atom. The lowest BCUT2D eigenvalue weighted by molar-refractivity contribution is 0.812. The van der Waals surface area contributed by atoms with E-state index >= 15 is 0 Å². The molecule has 1 heterocycles. The maximum Gasteiger partial charge on any atom is 0.0157 e. The zero-order chi connectivity index (χ0) is 7.82. The minimum Gasteiger partial charge on any atom is -0.0938 e. The van der Waals surface area contributed by atoms with Crippen molar-refractivity contribution in [2.75, 3.05) is 5.75 Å². The molecule has 0 amide bonds. The number of hydrogen-bond acceptors (Lipinski definition) is 2. The molecule has 0 spiro atoms. The van der Waals surface area contributed by atoms with E-state index in [4.69, 9.17) is 0 Å². The van der Waals surface area contributed by atoms with Crippen LogP contribution < -0.4 is 0 Å². The van der Waals surface area contributed by atoms with Crippen molar-refractivity contribution in [1.82, 2.24) is 0 Å². The van der Waals surface area contributed by atoms with Gasteiger partial charge in [-0.05, 0) is 12.8 Å². The minimum absolute atomic E-state index is 0.977. The smallest absolute Gasteiger partial charge is 0.0157 e. The lowest BCUT2D eigenvalue weighted by Crippen LogP contribution is -1.91. The van der Waals surface area contributed by atoms with Crippen LogP contribution in [0.5, 0.6) is 0 Å². The third-order valence-corrected chi connectivity index (χ3v) is 4.29. The molecule has 1 atom stereocenters. The van der Waals surface area contributed by atoms with Crippen LogP contribution in [0, 0.1) is 0 Å². The van der Waals surface area contributed by atoms with Crippen LogP contribution in [0.4, 0.5) is 0 Å². The summed E-state index contributed by atoms with van der Waals surface area (Å²) in [7, 11) is 4.08. The second-order valence-corrected chi connectivity index (χ2v) is 5.23. The maximum absolute atomic E-state index is 2.27. The van der Waals surface area contributed by atoms with E-state index in [9.17, 15) is 0 Å². The molecule has 0 aliphatic carbocycles. The van der Waals surface area contributed by atoms with Crippen LogP contribution >= 0.6 is 21.6 Å². The molecule has 62 valence electrons. The second-order valence-electron chi connectivity index (χ2n) is 2.44. The molecule has 0 saturated carbocycles. The molecular weight excluding hydrogens is 160 g/mol. The van der Waals surface area contributed by atoms with E-state index in [0.29, 0.717) is 0 Å². The van der Waals surface area contributed by atoms with Crippen molar-refractivity contribution in [3.63, 3.8) is 0 Å². The van der Waals surface area contributed by atoms with Crippen molar-refractivity contribution in [1.29, 1.82) is 0 Å². The Kier molecular flexibility index (Phi) is 8.35. The standard InChI is InChI=1S/C5H10S2.C3H8/c1-2-5-3-4-6-7-5;1-3-2/h5H,2-4H2,1H3;3H2,1-2H3. The highest BCUT2D eigenvalue weighted by Crippen LogP contribution is 2.38. The van der Waals surface area contributed by atoms with E-state index in [-0.39, 0.29) is 0 Å². The summed E-state index contributed by atoms with van der Waals surface area (Å²) in [4.78, 5) is 0. The zero-order valence-electron chi connectivity index (χ0n) is 7.22. The average Bonchev–Trinajstić information content (AvgIpc) is 2.39. The summed E-state index contributed by atoms with van der Waals surface area (Å²) >= 11 is 0. The first kappa shape index (κ1) is 10.7. The van der Waals surface area contributed by atoms with Crippen molar-refractivity contribution >= 4 is 21.6 Å². The molecule has 1 aliphatic rings. The van der Waals surface area contributed by atoms with Crippen LogP contribution in [0.25, 0.3) is 0 Å². The van der Waals surface area contributed by atoms with Crippen LogP contribution in [-0.2, 0) is 0 Å². The van der Waals surface area contributed by atoms with Gasteiger partial charge in [-0.1, -0.05) is 48.8 Å². The lowest BCUT2D eigenvalue weighted by atomic mass is 10.3.